The summed E-state index contributed by atoms with van der Waals surface area (Å²) in [5, 5.41) is 24.7. The van der Waals surface area contributed by atoms with Gasteiger partial charge in [0.15, 0.2) is 0 Å². The third-order valence-corrected chi connectivity index (χ3v) is 10.2. The number of nitrogens with zero attached hydrogens (tertiary/aromatic N) is 4. The lowest BCUT2D eigenvalue weighted by Crippen LogP contribution is -2.15. The molecule has 3 aliphatic rings. The Hall–Kier alpha value is -6.36. The first-order valence-electron chi connectivity index (χ1n) is 17.0. The van der Waals surface area contributed by atoms with Gasteiger partial charge in [-0.25, -0.2) is 0 Å². The number of rotatable bonds is 4. The van der Waals surface area contributed by atoms with Crippen molar-refractivity contribution in [2.45, 2.75) is 32.1 Å². The van der Waals surface area contributed by atoms with Gasteiger partial charge < -0.3 is 9.13 Å². The SMILES string of the molecule is N#Cc1c(C#N)c(-c2ccccc2)c(-n2c3c(c4ccccc42)CCC=C3)c(-n2c3c(c4ccccc42)CCC=C3)c1C1=CC=CCC=C1. The zero-order valence-electron chi connectivity index (χ0n) is 27.0. The zero-order valence-corrected chi connectivity index (χ0v) is 27.0. The van der Waals surface area contributed by atoms with Crippen LogP contribution >= 0.6 is 0 Å². The van der Waals surface area contributed by atoms with Crippen LogP contribution in [0.15, 0.2) is 121 Å². The Balaban J connectivity index is 1.61. The maximum atomic E-state index is 11.1. The molecule has 0 saturated heterocycles. The number of fused-ring (bicyclic) bond motifs is 6. The first kappa shape index (κ1) is 28.8. The highest BCUT2D eigenvalue weighted by Crippen LogP contribution is 2.48. The van der Waals surface area contributed by atoms with E-state index in [1.54, 1.807) is 0 Å². The second kappa shape index (κ2) is 11.7. The van der Waals surface area contributed by atoms with Crippen LogP contribution in [0.2, 0.25) is 0 Å². The summed E-state index contributed by atoms with van der Waals surface area (Å²) in [6.07, 6.45) is 24.2. The van der Waals surface area contributed by atoms with E-state index in [2.05, 4.69) is 137 Å². The van der Waals surface area contributed by atoms with E-state index < -0.39 is 0 Å². The van der Waals surface area contributed by atoms with Crippen LogP contribution in [-0.2, 0) is 12.8 Å². The van der Waals surface area contributed by atoms with Crippen LogP contribution in [0.25, 0.3) is 62.0 Å². The van der Waals surface area contributed by atoms with Gasteiger partial charge in [0.1, 0.15) is 12.1 Å². The smallest absolute Gasteiger partial charge is 0.101 e. The summed E-state index contributed by atoms with van der Waals surface area (Å²) >= 11 is 0. The van der Waals surface area contributed by atoms with E-state index in [0.717, 1.165) is 88.2 Å². The number of hydrogen-bond donors (Lipinski definition) is 0. The lowest BCUT2D eigenvalue weighted by Gasteiger charge is -2.27. The van der Waals surface area contributed by atoms with Crippen LogP contribution in [0.3, 0.4) is 0 Å². The van der Waals surface area contributed by atoms with E-state index in [1.165, 1.54) is 21.9 Å². The van der Waals surface area contributed by atoms with Gasteiger partial charge in [0.05, 0.1) is 33.5 Å². The van der Waals surface area contributed by atoms with E-state index in [4.69, 9.17) is 0 Å². The van der Waals surface area contributed by atoms with Gasteiger partial charge in [-0.1, -0.05) is 109 Å². The summed E-state index contributed by atoms with van der Waals surface area (Å²) in [6.45, 7) is 0. The standard InChI is InChI=1S/C45H32N4/c46-28-36-37(29-47)43(31-18-6-3-7-19-31)45(49-40-26-14-10-22-34(40)35-23-11-15-27-41(35)49)44(42(36)30-16-4-1-2-5-17-30)48-38-24-12-8-20-32(38)33-21-9-13-25-39(33)48/h1,3-8,10,12-20,22,24-27H,2,9,11,21,23H2. The summed E-state index contributed by atoms with van der Waals surface area (Å²) in [5.41, 5.74) is 13.0. The maximum absolute atomic E-state index is 11.1. The number of benzene rings is 4. The molecule has 0 N–H and O–H groups in total. The third kappa shape index (κ3) is 4.35. The number of aromatic nitrogens is 2. The molecule has 232 valence electrons. The molecule has 4 aromatic carbocycles. The fourth-order valence-electron chi connectivity index (χ4n) is 8.15. The van der Waals surface area contributed by atoms with Crippen molar-refractivity contribution in [2.75, 3.05) is 0 Å². The van der Waals surface area contributed by atoms with Crippen molar-refractivity contribution in [1.29, 1.82) is 10.5 Å². The molecule has 0 aliphatic heterocycles. The van der Waals surface area contributed by atoms with E-state index in [-0.39, 0.29) is 0 Å². The molecule has 3 aliphatic carbocycles. The van der Waals surface area contributed by atoms with E-state index >= 15 is 0 Å². The maximum Gasteiger partial charge on any atom is 0.101 e. The average molecular weight is 629 g/mol. The van der Waals surface area contributed by atoms with Crippen molar-refractivity contribution >= 4 is 39.5 Å². The summed E-state index contributed by atoms with van der Waals surface area (Å²) in [4.78, 5) is 0. The predicted molar refractivity (Wildman–Crippen MR) is 201 cm³/mol. The van der Waals surface area contributed by atoms with Crippen molar-refractivity contribution in [3.05, 3.63) is 161 Å². The van der Waals surface area contributed by atoms with Crippen molar-refractivity contribution in [3.8, 4) is 34.6 Å². The lowest BCUT2D eigenvalue weighted by molar-refractivity contribution is 0.944. The molecule has 0 unspecified atom stereocenters. The zero-order chi connectivity index (χ0) is 32.9. The average Bonchev–Trinajstić information content (AvgIpc) is 3.52. The van der Waals surface area contributed by atoms with Gasteiger partial charge >= 0.3 is 0 Å². The van der Waals surface area contributed by atoms with Crippen LogP contribution < -0.4 is 0 Å². The molecule has 0 bridgehead atoms. The number of allylic oxidation sites excluding steroid dienone is 8. The Morgan fingerprint density at radius 2 is 1.10 bits per heavy atom. The summed E-state index contributed by atoms with van der Waals surface area (Å²) in [7, 11) is 0. The van der Waals surface area contributed by atoms with Gasteiger partial charge in [-0.3, -0.25) is 0 Å². The number of nitriles is 2. The van der Waals surface area contributed by atoms with Crippen LogP contribution in [0.1, 0.15) is 58.5 Å². The molecular weight excluding hydrogens is 597 g/mol. The van der Waals surface area contributed by atoms with Crippen LogP contribution in [0.4, 0.5) is 0 Å². The van der Waals surface area contributed by atoms with Crippen LogP contribution in [0.5, 0.6) is 0 Å². The van der Waals surface area contributed by atoms with Gasteiger partial charge in [-0.2, -0.15) is 10.5 Å². The minimum Gasteiger partial charge on any atom is -0.307 e. The third-order valence-electron chi connectivity index (χ3n) is 10.2. The van der Waals surface area contributed by atoms with Crippen LogP contribution in [-0.4, -0.2) is 9.13 Å². The largest absolute Gasteiger partial charge is 0.307 e. The van der Waals surface area contributed by atoms with Crippen molar-refractivity contribution in [3.63, 3.8) is 0 Å². The number of hydrogen-bond acceptors (Lipinski definition) is 2. The normalized spacial score (nSPS) is 14.7. The highest BCUT2D eigenvalue weighted by atomic mass is 15.1. The Labute approximate surface area is 285 Å². The Bertz CT molecular complexity index is 2580. The molecule has 0 radical (unpaired) electrons. The molecule has 4 nitrogen and oxygen atoms in total. The van der Waals surface area contributed by atoms with Gasteiger partial charge in [0, 0.05) is 33.3 Å². The van der Waals surface area contributed by atoms with E-state index in [1.807, 2.05) is 18.2 Å². The predicted octanol–water partition coefficient (Wildman–Crippen LogP) is 10.8. The molecule has 49 heavy (non-hydrogen) atoms. The summed E-state index contributed by atoms with van der Waals surface area (Å²) in [6, 6.07) is 32.6. The quantitative estimate of drug-likeness (QED) is 0.195. The number of para-hydroxylation sites is 2. The Kier molecular flexibility index (Phi) is 6.89. The summed E-state index contributed by atoms with van der Waals surface area (Å²) in [5.74, 6) is 0. The minimum atomic E-state index is 0.386. The second-order valence-corrected chi connectivity index (χ2v) is 12.8. The molecule has 0 amide bonds. The van der Waals surface area contributed by atoms with Gasteiger partial charge in [0.2, 0.25) is 0 Å². The number of aryl methyl sites for hydroxylation is 2. The molecule has 2 heterocycles. The summed E-state index contributed by atoms with van der Waals surface area (Å²) < 4.78 is 4.77. The van der Waals surface area contributed by atoms with Gasteiger partial charge in [0.25, 0.3) is 0 Å². The highest BCUT2D eigenvalue weighted by Gasteiger charge is 2.33. The Morgan fingerprint density at radius 3 is 1.71 bits per heavy atom. The minimum absolute atomic E-state index is 0.386. The second-order valence-electron chi connectivity index (χ2n) is 12.8. The molecule has 0 saturated carbocycles. The van der Waals surface area contributed by atoms with Crippen molar-refractivity contribution < 1.29 is 0 Å². The fourth-order valence-corrected chi connectivity index (χ4v) is 8.15. The first-order chi connectivity index (χ1) is 24.3. The molecular formula is C45H32N4. The molecule has 2 aromatic heterocycles. The van der Waals surface area contributed by atoms with Crippen molar-refractivity contribution in [2.24, 2.45) is 0 Å². The van der Waals surface area contributed by atoms with Gasteiger partial charge in [-0.15, -0.1) is 0 Å². The van der Waals surface area contributed by atoms with E-state index in [0.29, 0.717) is 11.1 Å². The van der Waals surface area contributed by atoms with Crippen LogP contribution in [0, 0.1) is 22.7 Å². The first-order valence-corrected chi connectivity index (χ1v) is 17.0. The Morgan fingerprint density at radius 1 is 0.551 bits per heavy atom. The molecule has 0 fully saturated rings. The highest BCUT2D eigenvalue weighted by molar-refractivity contribution is 6.02. The van der Waals surface area contributed by atoms with Gasteiger partial charge in [-0.05, 0) is 78.7 Å². The topological polar surface area (TPSA) is 57.4 Å². The van der Waals surface area contributed by atoms with E-state index in [9.17, 15) is 10.5 Å². The molecule has 9 rings (SSSR count). The molecule has 0 spiro atoms. The molecule has 4 heteroatoms. The monoisotopic (exact) mass is 628 g/mol. The molecule has 6 aromatic rings. The molecule has 0 atom stereocenters. The lowest BCUT2D eigenvalue weighted by atomic mass is 9.85. The fraction of sp³-hybridized carbons (Fsp3) is 0.111. The van der Waals surface area contributed by atoms with Crippen molar-refractivity contribution in [1.82, 2.24) is 9.13 Å².